The number of allylic oxidation sites excluding steroid dienone is 16. The number of ether oxygens (including phenoxy) is 2. The van der Waals surface area contributed by atoms with Gasteiger partial charge in [-0.3, -0.25) is 4.79 Å². The number of hydrogen-bond acceptors (Lipinski definition) is 8. The summed E-state index contributed by atoms with van der Waals surface area (Å²) < 4.78 is 11.3. The summed E-state index contributed by atoms with van der Waals surface area (Å²) in [6.45, 7) is 3.71. The number of nitrogens with one attached hydrogen (secondary N) is 1. The predicted molar refractivity (Wildman–Crippen MR) is 304 cm³/mol. The van der Waals surface area contributed by atoms with Crippen molar-refractivity contribution < 1.29 is 39.8 Å². The van der Waals surface area contributed by atoms with Crippen LogP contribution in [0.4, 0.5) is 0 Å². The Bertz CT molecular complexity index is 1450. The molecule has 0 radical (unpaired) electrons. The minimum Gasteiger partial charge on any atom is -0.394 e. The van der Waals surface area contributed by atoms with Crippen LogP contribution in [0.5, 0.6) is 0 Å². The van der Waals surface area contributed by atoms with Gasteiger partial charge in [-0.2, -0.15) is 0 Å². The zero-order chi connectivity index (χ0) is 52.2. The third kappa shape index (κ3) is 40.5. The van der Waals surface area contributed by atoms with Gasteiger partial charge in [-0.15, -0.1) is 0 Å². The number of amides is 1. The monoisotopic (exact) mass is 1010 g/mol. The van der Waals surface area contributed by atoms with Crippen molar-refractivity contribution in [2.24, 2.45) is 0 Å². The molecule has 7 unspecified atom stereocenters. The van der Waals surface area contributed by atoms with E-state index in [2.05, 4.69) is 116 Å². The van der Waals surface area contributed by atoms with Crippen LogP contribution in [0.3, 0.4) is 0 Å². The average molecular weight is 1010 g/mol. The third-order valence-electron chi connectivity index (χ3n) is 13.5. The topological polar surface area (TPSA) is 149 Å². The average Bonchev–Trinajstić information content (AvgIpc) is 3.38. The number of carbonyl (C=O) groups excluding carboxylic acids is 1. The van der Waals surface area contributed by atoms with E-state index in [1.807, 2.05) is 0 Å². The largest absolute Gasteiger partial charge is 0.394 e. The van der Waals surface area contributed by atoms with E-state index in [1.165, 1.54) is 122 Å². The van der Waals surface area contributed by atoms with Crippen LogP contribution in [-0.4, -0.2) is 87.5 Å². The summed E-state index contributed by atoms with van der Waals surface area (Å²) in [4.78, 5) is 13.0. The minimum absolute atomic E-state index is 0.142. The molecule has 0 saturated carbocycles. The Hall–Kier alpha value is -2.89. The standard InChI is InChI=1S/C63H109NO8/c1-3-5-7-9-11-13-15-17-18-19-20-21-22-23-24-25-26-27-28-29-30-31-32-33-34-35-36-37-38-39-40-41-43-45-47-49-51-53-59(67)64-56(55-71-63-62(70)61(69)60(68)58(54-65)72-63)57(66)52-50-48-46-44-42-16-14-12-10-8-6-4-2/h5,7,11,13,17-18,20-21,23-24,26-27,29-30,32-33,56-58,60-63,65-66,68-70H,3-4,6,8-10,12,14-16,19,22,25,28,31,34-55H2,1-2H3,(H,64,67)/b7-5-,13-11-,18-17-,21-20-,24-23-,27-26-,30-29-,33-32-. The van der Waals surface area contributed by atoms with Crippen molar-refractivity contribution in [3.05, 3.63) is 97.2 Å². The third-order valence-corrected chi connectivity index (χ3v) is 13.5. The van der Waals surface area contributed by atoms with Crippen LogP contribution < -0.4 is 5.32 Å². The summed E-state index contributed by atoms with van der Waals surface area (Å²) >= 11 is 0. The van der Waals surface area contributed by atoms with Crippen LogP contribution in [0.1, 0.15) is 239 Å². The van der Waals surface area contributed by atoms with Gasteiger partial charge in [0.2, 0.25) is 5.91 Å². The minimum atomic E-state index is -1.56. The molecule has 0 aromatic heterocycles. The maximum atomic E-state index is 13.0. The van der Waals surface area contributed by atoms with Crippen LogP contribution in [0.25, 0.3) is 0 Å². The van der Waals surface area contributed by atoms with Gasteiger partial charge >= 0.3 is 0 Å². The van der Waals surface area contributed by atoms with Gasteiger partial charge in [-0.25, -0.2) is 0 Å². The van der Waals surface area contributed by atoms with E-state index in [-0.39, 0.29) is 12.5 Å². The first-order chi connectivity index (χ1) is 35.3. The normalized spacial score (nSPS) is 19.9. The second kappa shape index (κ2) is 51.6. The molecule has 9 nitrogen and oxygen atoms in total. The fourth-order valence-electron chi connectivity index (χ4n) is 8.82. The van der Waals surface area contributed by atoms with E-state index >= 15 is 0 Å². The Morgan fingerprint density at radius 1 is 0.486 bits per heavy atom. The molecule has 1 fully saturated rings. The van der Waals surface area contributed by atoms with Crippen LogP contribution in [-0.2, 0) is 14.3 Å². The van der Waals surface area contributed by atoms with Gasteiger partial charge in [0.25, 0.3) is 0 Å². The molecule has 1 amide bonds. The van der Waals surface area contributed by atoms with Gasteiger partial charge in [-0.05, 0) is 77.0 Å². The number of aliphatic hydroxyl groups is 5. The van der Waals surface area contributed by atoms with Crippen molar-refractivity contribution in [1.29, 1.82) is 0 Å². The molecule has 1 heterocycles. The van der Waals surface area contributed by atoms with Gasteiger partial charge in [-0.1, -0.05) is 252 Å². The number of unbranched alkanes of at least 4 members (excludes halogenated alkanes) is 23. The highest BCUT2D eigenvalue weighted by Gasteiger charge is 2.44. The number of carbonyl (C=O) groups is 1. The molecule has 414 valence electrons. The van der Waals surface area contributed by atoms with Crippen LogP contribution in [0.2, 0.25) is 0 Å². The number of rotatable bonds is 49. The first-order valence-corrected chi connectivity index (χ1v) is 29.4. The molecule has 6 N–H and O–H groups in total. The summed E-state index contributed by atoms with van der Waals surface area (Å²) in [7, 11) is 0. The second-order valence-corrected chi connectivity index (χ2v) is 20.1. The van der Waals surface area contributed by atoms with Gasteiger partial charge in [0.05, 0.1) is 25.4 Å². The first kappa shape index (κ1) is 67.1. The molecule has 0 spiro atoms. The number of aliphatic hydroxyl groups excluding tert-OH is 5. The summed E-state index contributed by atoms with van der Waals surface area (Å²) in [5, 5.41) is 54.5. The highest BCUT2D eigenvalue weighted by molar-refractivity contribution is 5.76. The zero-order valence-corrected chi connectivity index (χ0v) is 45.9. The molecule has 0 aromatic rings. The van der Waals surface area contributed by atoms with Crippen LogP contribution in [0, 0.1) is 0 Å². The van der Waals surface area contributed by atoms with E-state index in [4.69, 9.17) is 9.47 Å². The van der Waals surface area contributed by atoms with Gasteiger partial charge in [0, 0.05) is 6.42 Å². The lowest BCUT2D eigenvalue weighted by Crippen LogP contribution is -2.60. The molecule has 1 aliphatic rings. The molecule has 0 aromatic carbocycles. The van der Waals surface area contributed by atoms with E-state index in [9.17, 15) is 30.3 Å². The summed E-state index contributed by atoms with van der Waals surface area (Å²) in [6, 6.07) is -0.724. The van der Waals surface area contributed by atoms with Crippen molar-refractivity contribution in [2.45, 2.75) is 281 Å². The molecule has 1 saturated heterocycles. The Labute approximate surface area is 441 Å². The highest BCUT2D eigenvalue weighted by atomic mass is 16.7. The maximum Gasteiger partial charge on any atom is 0.220 e. The fourth-order valence-corrected chi connectivity index (χ4v) is 8.82. The summed E-state index contributed by atoms with van der Waals surface area (Å²) in [6.07, 6.45) is 67.3. The van der Waals surface area contributed by atoms with E-state index in [0.29, 0.717) is 12.8 Å². The second-order valence-electron chi connectivity index (χ2n) is 20.1. The summed E-state index contributed by atoms with van der Waals surface area (Å²) in [5.41, 5.74) is 0. The molecule has 7 atom stereocenters. The first-order valence-electron chi connectivity index (χ1n) is 29.4. The van der Waals surface area contributed by atoms with Crippen LogP contribution >= 0.6 is 0 Å². The Kier molecular flexibility index (Phi) is 48.1. The van der Waals surface area contributed by atoms with Crippen molar-refractivity contribution in [3.63, 3.8) is 0 Å². The Morgan fingerprint density at radius 2 is 0.861 bits per heavy atom. The van der Waals surface area contributed by atoms with Gasteiger partial charge in [0.15, 0.2) is 6.29 Å². The highest BCUT2D eigenvalue weighted by Crippen LogP contribution is 2.23. The van der Waals surface area contributed by atoms with Gasteiger partial charge in [0.1, 0.15) is 24.4 Å². The maximum absolute atomic E-state index is 13.0. The SMILES string of the molecule is CC/C=C\C/C=C\C/C=C\C/C=C\C/C=C\C/C=C\C/C=C\C/C=C\CCCCCCCCCCCCCCC(=O)NC(COC1OC(CO)C(O)C(O)C1O)C(O)CCCCCCCCCCCCCC. The Morgan fingerprint density at radius 3 is 1.28 bits per heavy atom. The zero-order valence-electron chi connectivity index (χ0n) is 45.9. The number of hydrogen-bond donors (Lipinski definition) is 6. The van der Waals surface area contributed by atoms with Crippen molar-refractivity contribution >= 4 is 5.91 Å². The Balaban J connectivity index is 2.12. The van der Waals surface area contributed by atoms with E-state index < -0.39 is 49.5 Å². The molecular weight excluding hydrogens is 899 g/mol. The van der Waals surface area contributed by atoms with Crippen molar-refractivity contribution in [1.82, 2.24) is 5.32 Å². The lowest BCUT2D eigenvalue weighted by molar-refractivity contribution is -0.302. The molecular formula is C63H109NO8. The van der Waals surface area contributed by atoms with Gasteiger partial charge < -0.3 is 40.3 Å². The molecule has 1 aliphatic heterocycles. The van der Waals surface area contributed by atoms with E-state index in [0.717, 1.165) is 89.9 Å². The summed E-state index contributed by atoms with van der Waals surface area (Å²) in [5.74, 6) is -0.150. The molecule has 0 aliphatic carbocycles. The smallest absolute Gasteiger partial charge is 0.220 e. The van der Waals surface area contributed by atoms with Crippen LogP contribution in [0.15, 0.2) is 97.2 Å². The predicted octanol–water partition coefficient (Wildman–Crippen LogP) is 14.8. The lowest BCUT2D eigenvalue weighted by Gasteiger charge is -2.40. The fraction of sp³-hybridized carbons (Fsp3) is 0.730. The quantitative estimate of drug-likeness (QED) is 0.0261. The van der Waals surface area contributed by atoms with E-state index in [1.54, 1.807) is 0 Å². The molecule has 72 heavy (non-hydrogen) atoms. The molecule has 0 bridgehead atoms. The lowest BCUT2D eigenvalue weighted by atomic mass is 9.99. The van der Waals surface area contributed by atoms with Crippen molar-refractivity contribution in [3.8, 4) is 0 Å². The molecule has 9 heteroatoms. The van der Waals surface area contributed by atoms with Crippen molar-refractivity contribution in [2.75, 3.05) is 13.2 Å². The molecule has 1 rings (SSSR count).